The monoisotopic (exact) mass is 559 g/mol. The molecule has 3 aromatic carbocycles. The predicted octanol–water partition coefficient (Wildman–Crippen LogP) is 5.04. The Morgan fingerprint density at radius 3 is 2.50 bits per heavy atom. The molecular formula is C30H30FN5O3S. The molecular weight excluding hydrogens is 529 g/mol. The zero-order valence-corrected chi connectivity index (χ0v) is 22.8. The lowest BCUT2D eigenvalue weighted by Gasteiger charge is -2.29. The van der Waals surface area contributed by atoms with Crippen LogP contribution in [0.2, 0.25) is 0 Å². The molecule has 5 rings (SSSR count). The lowest BCUT2D eigenvalue weighted by Crippen LogP contribution is -2.48. The number of rotatable bonds is 8. The van der Waals surface area contributed by atoms with Crippen LogP contribution < -0.4 is 21.3 Å². The van der Waals surface area contributed by atoms with Crippen molar-refractivity contribution in [3.8, 4) is 0 Å². The third kappa shape index (κ3) is 5.67. The first-order chi connectivity index (χ1) is 19.3. The van der Waals surface area contributed by atoms with Crippen molar-refractivity contribution in [3.63, 3.8) is 0 Å². The average molecular weight is 560 g/mol. The molecule has 8 nitrogen and oxygen atoms in total. The number of aromatic nitrogens is 1. The fourth-order valence-electron chi connectivity index (χ4n) is 5.02. The van der Waals surface area contributed by atoms with E-state index in [4.69, 9.17) is 5.73 Å². The van der Waals surface area contributed by atoms with E-state index in [1.54, 1.807) is 25.1 Å². The van der Waals surface area contributed by atoms with Crippen molar-refractivity contribution in [3.05, 3.63) is 88.7 Å². The second-order valence-corrected chi connectivity index (χ2v) is 10.7. The lowest BCUT2D eigenvalue weighted by atomic mass is 10.1. The number of carbonyl (C=O) groups is 3. The van der Waals surface area contributed by atoms with E-state index in [1.807, 2.05) is 36.4 Å². The van der Waals surface area contributed by atoms with Gasteiger partial charge in [-0.25, -0.2) is 4.39 Å². The van der Waals surface area contributed by atoms with Gasteiger partial charge in [-0.2, -0.15) is 4.37 Å². The van der Waals surface area contributed by atoms with Crippen molar-refractivity contribution in [1.82, 2.24) is 15.0 Å². The summed E-state index contributed by atoms with van der Waals surface area (Å²) in [5.74, 6) is -1.71. The normalized spacial score (nSPS) is 14.2. The van der Waals surface area contributed by atoms with Gasteiger partial charge in [0.25, 0.3) is 11.8 Å². The number of benzene rings is 3. The van der Waals surface area contributed by atoms with Gasteiger partial charge in [0.05, 0.1) is 11.4 Å². The van der Waals surface area contributed by atoms with Crippen LogP contribution in [0.1, 0.15) is 58.3 Å². The molecule has 0 unspecified atom stereocenters. The molecule has 0 spiro atoms. The molecule has 10 heteroatoms. The minimum Gasteiger partial charge on any atom is -0.395 e. The van der Waals surface area contributed by atoms with Gasteiger partial charge in [0, 0.05) is 18.0 Å². The summed E-state index contributed by atoms with van der Waals surface area (Å²) < 4.78 is 17.5. The molecule has 0 radical (unpaired) electrons. The largest absolute Gasteiger partial charge is 0.395 e. The Kier molecular flexibility index (Phi) is 8.06. The van der Waals surface area contributed by atoms with Crippen LogP contribution in [0.25, 0.3) is 10.8 Å². The molecule has 206 valence electrons. The number of nitrogens with one attached hydrogen (secondary N) is 2. The van der Waals surface area contributed by atoms with Crippen LogP contribution >= 0.6 is 11.5 Å². The third-order valence-corrected chi connectivity index (χ3v) is 8.07. The molecule has 1 atom stereocenters. The van der Waals surface area contributed by atoms with E-state index < -0.39 is 23.8 Å². The van der Waals surface area contributed by atoms with Crippen LogP contribution in [-0.4, -0.2) is 34.2 Å². The lowest BCUT2D eigenvalue weighted by molar-refractivity contribution is -0.122. The number of nitrogens with zero attached hydrogens (tertiary/aromatic N) is 2. The summed E-state index contributed by atoms with van der Waals surface area (Å²) in [6, 6.07) is 18.0. The number of hydrogen-bond acceptors (Lipinski definition) is 6. The Hall–Kier alpha value is -4.31. The molecule has 1 aliphatic rings. The number of hydrogen-bond donors (Lipinski definition) is 3. The molecule has 4 aromatic rings. The number of nitrogens with two attached hydrogens (primary N) is 1. The topological polar surface area (TPSA) is 117 Å². The minimum atomic E-state index is -0.948. The van der Waals surface area contributed by atoms with Crippen molar-refractivity contribution >= 4 is 51.4 Å². The summed E-state index contributed by atoms with van der Waals surface area (Å²) >= 11 is 0.845. The summed E-state index contributed by atoms with van der Waals surface area (Å²) in [7, 11) is 0. The summed E-state index contributed by atoms with van der Waals surface area (Å²) in [6.07, 6.45) is 3.92. The van der Waals surface area contributed by atoms with Gasteiger partial charge in [-0.05, 0) is 60.4 Å². The maximum Gasteiger partial charge on any atom is 0.273 e. The molecule has 1 saturated carbocycles. The van der Waals surface area contributed by atoms with Gasteiger partial charge in [0.1, 0.15) is 16.7 Å². The standard InChI is InChI=1S/C30H30FN5O3S/c1-18(28(37)33-17-19-13-15-21(31)16-14-19)36(24-12-6-8-20-7-2-5-11-23(20)24)30(39)27-25(32)26(35-40-27)29(38)34-22-9-3-4-10-22/h2,5-8,11-16,18,22H,3-4,9-10,17,32H2,1H3,(H,33,37)(H,34,38)/t18-/m0/s1. The smallest absolute Gasteiger partial charge is 0.273 e. The average Bonchev–Trinajstić information content (AvgIpc) is 3.62. The van der Waals surface area contributed by atoms with E-state index in [1.165, 1.54) is 17.0 Å². The highest BCUT2D eigenvalue weighted by Gasteiger charge is 2.33. The number of halogens is 1. The molecule has 0 saturated heterocycles. The van der Waals surface area contributed by atoms with Crippen LogP contribution in [-0.2, 0) is 11.3 Å². The van der Waals surface area contributed by atoms with Crippen LogP contribution in [0, 0.1) is 5.82 Å². The maximum atomic E-state index is 14.1. The van der Waals surface area contributed by atoms with Crippen molar-refractivity contribution in [2.24, 2.45) is 0 Å². The summed E-state index contributed by atoms with van der Waals surface area (Å²) in [5, 5.41) is 7.47. The van der Waals surface area contributed by atoms with Gasteiger partial charge in [0.15, 0.2) is 5.69 Å². The van der Waals surface area contributed by atoms with Crippen molar-refractivity contribution in [2.45, 2.75) is 51.2 Å². The van der Waals surface area contributed by atoms with Crippen LogP contribution in [0.4, 0.5) is 15.8 Å². The van der Waals surface area contributed by atoms with E-state index in [0.29, 0.717) is 5.69 Å². The van der Waals surface area contributed by atoms with E-state index >= 15 is 0 Å². The Labute approximate surface area is 235 Å². The highest BCUT2D eigenvalue weighted by atomic mass is 32.1. The van der Waals surface area contributed by atoms with E-state index in [-0.39, 0.29) is 34.7 Å². The fraction of sp³-hybridized carbons (Fsp3) is 0.267. The highest BCUT2D eigenvalue weighted by Crippen LogP contribution is 2.32. The third-order valence-electron chi connectivity index (χ3n) is 7.22. The van der Waals surface area contributed by atoms with E-state index in [9.17, 15) is 18.8 Å². The SMILES string of the molecule is C[C@@H](C(=O)NCc1ccc(F)cc1)N(C(=O)c1snc(C(=O)NC2CCCC2)c1N)c1cccc2ccccc12. The molecule has 40 heavy (non-hydrogen) atoms. The molecule has 0 bridgehead atoms. The number of anilines is 2. The molecule has 0 aliphatic heterocycles. The summed E-state index contributed by atoms with van der Waals surface area (Å²) in [5.41, 5.74) is 7.60. The van der Waals surface area contributed by atoms with Gasteiger partial charge in [-0.3, -0.25) is 19.3 Å². The molecule has 4 N–H and O–H groups in total. The molecule has 1 aliphatic carbocycles. The maximum absolute atomic E-state index is 14.1. The quantitative estimate of drug-likeness (QED) is 0.280. The number of amides is 3. The number of carbonyl (C=O) groups excluding carboxylic acids is 3. The molecule has 1 heterocycles. The summed E-state index contributed by atoms with van der Waals surface area (Å²) in [6.45, 7) is 1.79. The number of nitrogen functional groups attached to an aromatic ring is 1. The Morgan fingerprint density at radius 2 is 1.75 bits per heavy atom. The zero-order chi connectivity index (χ0) is 28.2. The fourth-order valence-corrected chi connectivity index (χ4v) is 5.75. The Balaban J connectivity index is 1.46. The van der Waals surface area contributed by atoms with Crippen molar-refractivity contribution < 1.29 is 18.8 Å². The first-order valence-electron chi connectivity index (χ1n) is 13.2. The number of fused-ring (bicyclic) bond motifs is 1. The molecule has 1 fully saturated rings. The second kappa shape index (κ2) is 11.8. The minimum absolute atomic E-state index is 0.00495. The zero-order valence-electron chi connectivity index (χ0n) is 22.0. The first-order valence-corrected chi connectivity index (χ1v) is 14.0. The van der Waals surface area contributed by atoms with Gasteiger partial charge in [-0.15, -0.1) is 0 Å². The van der Waals surface area contributed by atoms with E-state index in [0.717, 1.165) is 53.6 Å². The van der Waals surface area contributed by atoms with E-state index in [2.05, 4.69) is 15.0 Å². The van der Waals surface area contributed by atoms with Crippen LogP contribution in [0.3, 0.4) is 0 Å². The van der Waals surface area contributed by atoms with Gasteiger partial charge in [-0.1, -0.05) is 61.4 Å². The Morgan fingerprint density at radius 1 is 1.05 bits per heavy atom. The molecule has 1 aromatic heterocycles. The molecule has 3 amide bonds. The van der Waals surface area contributed by atoms with Crippen molar-refractivity contribution in [1.29, 1.82) is 0 Å². The Bertz CT molecular complexity index is 1540. The highest BCUT2D eigenvalue weighted by molar-refractivity contribution is 7.09. The predicted molar refractivity (Wildman–Crippen MR) is 155 cm³/mol. The van der Waals surface area contributed by atoms with Gasteiger partial charge < -0.3 is 16.4 Å². The van der Waals surface area contributed by atoms with Crippen LogP contribution in [0.5, 0.6) is 0 Å². The van der Waals surface area contributed by atoms with Gasteiger partial charge >= 0.3 is 0 Å². The summed E-state index contributed by atoms with van der Waals surface area (Å²) in [4.78, 5) is 41.9. The van der Waals surface area contributed by atoms with Gasteiger partial charge in [0.2, 0.25) is 5.91 Å². The second-order valence-electron chi connectivity index (χ2n) is 9.92. The van der Waals surface area contributed by atoms with Crippen LogP contribution in [0.15, 0.2) is 66.7 Å². The van der Waals surface area contributed by atoms with Crippen molar-refractivity contribution in [2.75, 3.05) is 10.6 Å². The first kappa shape index (κ1) is 27.3.